The number of amides is 1. The lowest BCUT2D eigenvalue weighted by molar-refractivity contribution is -0.123. The number of halogens is 1. The van der Waals surface area contributed by atoms with Gasteiger partial charge in [0, 0.05) is 11.1 Å². The largest absolute Gasteiger partial charge is 0.507 e. The van der Waals surface area contributed by atoms with Gasteiger partial charge in [-0.2, -0.15) is 5.10 Å². The van der Waals surface area contributed by atoms with Crippen LogP contribution in [0.5, 0.6) is 11.5 Å². The summed E-state index contributed by atoms with van der Waals surface area (Å²) < 4.78 is 18.7. The van der Waals surface area contributed by atoms with Gasteiger partial charge in [0.05, 0.1) is 6.21 Å². The Morgan fingerprint density at radius 2 is 1.66 bits per heavy atom. The molecule has 2 aromatic carbocycles. The average Bonchev–Trinajstić information content (AvgIpc) is 2.60. The molecule has 0 radical (unpaired) electrons. The maximum Gasteiger partial charge on any atom is 0.277 e. The molecule has 0 aliphatic rings. The second-order valence-electron chi connectivity index (χ2n) is 8.98. The normalized spacial score (nSPS) is 12.2. The number of benzene rings is 2. The average molecular weight is 400 g/mol. The van der Waals surface area contributed by atoms with E-state index in [0.29, 0.717) is 0 Å². The van der Waals surface area contributed by atoms with Crippen LogP contribution in [-0.4, -0.2) is 23.8 Å². The van der Waals surface area contributed by atoms with E-state index >= 15 is 0 Å². The van der Waals surface area contributed by atoms with Gasteiger partial charge in [0.2, 0.25) is 0 Å². The topological polar surface area (TPSA) is 70.9 Å². The van der Waals surface area contributed by atoms with Crippen LogP contribution >= 0.6 is 0 Å². The third kappa shape index (κ3) is 6.04. The molecule has 0 aliphatic carbocycles. The summed E-state index contributed by atoms with van der Waals surface area (Å²) in [7, 11) is 0. The molecule has 0 bridgehead atoms. The molecule has 0 saturated carbocycles. The van der Waals surface area contributed by atoms with Crippen molar-refractivity contribution in [2.75, 3.05) is 6.61 Å². The van der Waals surface area contributed by atoms with Crippen LogP contribution in [0, 0.1) is 5.82 Å². The summed E-state index contributed by atoms with van der Waals surface area (Å²) in [6.45, 7) is 11.8. The fraction of sp³-hybridized carbons (Fsp3) is 0.391. The number of hydrazone groups is 1. The first kappa shape index (κ1) is 22.4. The van der Waals surface area contributed by atoms with E-state index in [9.17, 15) is 14.3 Å². The molecule has 0 aliphatic heterocycles. The summed E-state index contributed by atoms with van der Waals surface area (Å²) in [5.74, 6) is -0.744. The molecule has 0 saturated heterocycles. The monoisotopic (exact) mass is 400 g/mol. The van der Waals surface area contributed by atoms with E-state index in [1.54, 1.807) is 12.1 Å². The Morgan fingerprint density at radius 1 is 1.10 bits per heavy atom. The zero-order valence-corrected chi connectivity index (χ0v) is 17.8. The van der Waals surface area contributed by atoms with Crippen LogP contribution in [0.1, 0.15) is 58.2 Å². The second-order valence-corrected chi connectivity index (χ2v) is 8.98. The molecule has 0 fully saturated rings. The minimum absolute atomic E-state index is 0.00908. The van der Waals surface area contributed by atoms with Gasteiger partial charge < -0.3 is 9.84 Å². The Hall–Kier alpha value is -2.89. The smallest absolute Gasteiger partial charge is 0.277 e. The van der Waals surface area contributed by atoms with Crippen LogP contribution in [0.15, 0.2) is 41.5 Å². The van der Waals surface area contributed by atoms with Gasteiger partial charge in [-0.25, -0.2) is 9.82 Å². The zero-order chi connectivity index (χ0) is 21.8. The van der Waals surface area contributed by atoms with Crippen molar-refractivity contribution in [3.8, 4) is 11.5 Å². The van der Waals surface area contributed by atoms with Crippen LogP contribution < -0.4 is 10.2 Å². The van der Waals surface area contributed by atoms with E-state index in [0.717, 1.165) is 16.7 Å². The van der Waals surface area contributed by atoms with Gasteiger partial charge in [0.15, 0.2) is 18.2 Å². The van der Waals surface area contributed by atoms with Crippen molar-refractivity contribution >= 4 is 12.1 Å². The number of rotatable bonds is 5. The number of phenolic OH excluding ortho intramolecular Hbond substituents is 1. The fourth-order valence-electron chi connectivity index (χ4n) is 2.79. The number of carbonyl (C=O) groups excluding carboxylic acids is 1. The Labute approximate surface area is 171 Å². The molecule has 156 valence electrons. The van der Waals surface area contributed by atoms with Crippen molar-refractivity contribution in [1.82, 2.24) is 5.43 Å². The standard InChI is InChI=1S/C23H29FN2O3/c1-22(2,3)16-11-15(12-17(21(16)28)23(4,5)6)13-25-26-20(27)14-29-19-10-8-7-9-18(19)24/h7-13,28H,14H2,1-6H3,(H,26,27)/b25-13+. The summed E-state index contributed by atoms with van der Waals surface area (Å²) in [5.41, 5.74) is 4.22. The SMILES string of the molecule is CC(C)(C)c1cc(/C=N/NC(=O)COc2ccccc2F)cc(C(C)(C)C)c1O. The van der Waals surface area contributed by atoms with Crippen molar-refractivity contribution in [3.05, 3.63) is 58.9 Å². The first-order valence-electron chi connectivity index (χ1n) is 9.47. The predicted molar refractivity (Wildman–Crippen MR) is 113 cm³/mol. The summed E-state index contributed by atoms with van der Waals surface area (Å²) in [6, 6.07) is 9.59. The summed E-state index contributed by atoms with van der Waals surface area (Å²) in [6.07, 6.45) is 1.52. The van der Waals surface area contributed by atoms with Gasteiger partial charge in [-0.3, -0.25) is 4.79 Å². The minimum atomic E-state index is -0.530. The highest BCUT2D eigenvalue weighted by Gasteiger charge is 2.26. The maximum absolute atomic E-state index is 13.5. The zero-order valence-electron chi connectivity index (χ0n) is 17.8. The number of nitrogens with zero attached hydrogens (tertiary/aromatic N) is 1. The van der Waals surface area contributed by atoms with Gasteiger partial charge in [0.1, 0.15) is 5.75 Å². The lowest BCUT2D eigenvalue weighted by atomic mass is 9.78. The van der Waals surface area contributed by atoms with Crippen molar-refractivity contribution in [2.24, 2.45) is 5.10 Å². The molecule has 2 rings (SSSR count). The quantitative estimate of drug-likeness (QED) is 0.567. The molecule has 0 unspecified atom stereocenters. The van der Waals surface area contributed by atoms with Gasteiger partial charge in [-0.1, -0.05) is 53.7 Å². The van der Waals surface area contributed by atoms with Gasteiger partial charge >= 0.3 is 0 Å². The predicted octanol–water partition coefficient (Wildman–Crippen LogP) is 4.66. The molecule has 2 N–H and O–H groups in total. The number of para-hydroxylation sites is 1. The molecule has 1 amide bonds. The summed E-state index contributed by atoms with van der Waals surface area (Å²) in [4.78, 5) is 11.9. The maximum atomic E-state index is 13.5. The van der Waals surface area contributed by atoms with E-state index in [1.165, 1.54) is 18.3 Å². The van der Waals surface area contributed by atoms with Crippen molar-refractivity contribution in [2.45, 2.75) is 52.4 Å². The van der Waals surface area contributed by atoms with Gasteiger partial charge in [-0.15, -0.1) is 0 Å². The lowest BCUT2D eigenvalue weighted by Gasteiger charge is -2.27. The van der Waals surface area contributed by atoms with Crippen LogP contribution in [0.3, 0.4) is 0 Å². The van der Waals surface area contributed by atoms with E-state index in [2.05, 4.69) is 10.5 Å². The molecule has 0 heterocycles. The fourth-order valence-corrected chi connectivity index (χ4v) is 2.79. The molecule has 5 nitrogen and oxygen atoms in total. The highest BCUT2D eigenvalue weighted by Crippen LogP contribution is 2.39. The third-order valence-electron chi connectivity index (χ3n) is 4.35. The molecular weight excluding hydrogens is 371 g/mol. The molecule has 2 aromatic rings. The van der Waals surface area contributed by atoms with E-state index < -0.39 is 11.7 Å². The number of phenols is 1. The Bertz CT molecular complexity index is 874. The van der Waals surface area contributed by atoms with Gasteiger partial charge in [0.25, 0.3) is 5.91 Å². The van der Waals surface area contributed by atoms with Crippen LogP contribution in [-0.2, 0) is 15.6 Å². The number of nitrogens with one attached hydrogen (secondary N) is 1. The molecule has 0 aromatic heterocycles. The number of aromatic hydroxyl groups is 1. The van der Waals surface area contributed by atoms with Crippen molar-refractivity contribution in [1.29, 1.82) is 0 Å². The third-order valence-corrected chi connectivity index (χ3v) is 4.35. The Balaban J connectivity index is 2.13. The lowest BCUT2D eigenvalue weighted by Crippen LogP contribution is -2.25. The number of hydrogen-bond donors (Lipinski definition) is 2. The van der Waals surface area contributed by atoms with Crippen LogP contribution in [0.4, 0.5) is 4.39 Å². The Kier molecular flexibility index (Phi) is 6.67. The minimum Gasteiger partial charge on any atom is -0.507 e. The first-order chi connectivity index (χ1) is 13.4. The van der Waals surface area contributed by atoms with Gasteiger partial charge in [-0.05, 0) is 40.7 Å². The molecule has 6 heteroatoms. The van der Waals surface area contributed by atoms with Crippen LogP contribution in [0.25, 0.3) is 0 Å². The van der Waals surface area contributed by atoms with Crippen molar-refractivity contribution in [3.63, 3.8) is 0 Å². The highest BCUT2D eigenvalue weighted by molar-refractivity contribution is 5.84. The Morgan fingerprint density at radius 3 is 2.17 bits per heavy atom. The number of carbonyl (C=O) groups is 1. The second kappa shape index (κ2) is 8.64. The van der Waals surface area contributed by atoms with E-state index in [1.807, 2.05) is 53.7 Å². The molecule has 29 heavy (non-hydrogen) atoms. The molecule has 0 spiro atoms. The number of hydrogen-bond acceptors (Lipinski definition) is 4. The summed E-state index contributed by atoms with van der Waals surface area (Å²) >= 11 is 0. The first-order valence-corrected chi connectivity index (χ1v) is 9.47. The molecule has 0 atom stereocenters. The van der Waals surface area contributed by atoms with Crippen molar-refractivity contribution < 1.29 is 19.0 Å². The van der Waals surface area contributed by atoms with Crippen LogP contribution in [0.2, 0.25) is 0 Å². The summed E-state index contributed by atoms with van der Waals surface area (Å²) in [5, 5.41) is 14.7. The molecular formula is C23H29FN2O3. The highest BCUT2D eigenvalue weighted by atomic mass is 19.1. The van der Waals surface area contributed by atoms with E-state index in [-0.39, 0.29) is 28.9 Å². The number of ether oxygens (including phenoxy) is 1. The van der Waals surface area contributed by atoms with E-state index in [4.69, 9.17) is 4.74 Å².